The van der Waals surface area contributed by atoms with E-state index in [4.69, 9.17) is 34.8 Å². The zero-order valence-electron chi connectivity index (χ0n) is 16.6. The fourth-order valence-electron chi connectivity index (χ4n) is 2.04. The second-order valence-electron chi connectivity index (χ2n) is 5.22. The summed E-state index contributed by atoms with van der Waals surface area (Å²) < 4.78 is 30.6. The monoisotopic (exact) mass is 408 g/mol. The zero-order valence-corrected chi connectivity index (χ0v) is 16.6. The zero-order chi connectivity index (χ0) is 21.6. The quantitative estimate of drug-likeness (QED) is 0.289. The van der Waals surface area contributed by atoms with Crippen molar-refractivity contribution < 1.29 is 42.8 Å². The predicted octanol–water partition coefficient (Wildman–Crippen LogP) is 1.49. The number of ether oxygens (including phenoxy) is 6. The van der Waals surface area contributed by atoms with E-state index >= 15 is 0 Å². The molecule has 0 radical (unpaired) electrons. The van der Waals surface area contributed by atoms with Crippen molar-refractivity contribution in [3.63, 3.8) is 0 Å². The first-order valence-corrected chi connectivity index (χ1v) is 8.94. The minimum absolute atomic E-state index is 0.0840. The van der Waals surface area contributed by atoms with Gasteiger partial charge in [0, 0.05) is 12.1 Å². The van der Waals surface area contributed by atoms with Gasteiger partial charge in [0.2, 0.25) is 0 Å². The van der Waals surface area contributed by atoms with Crippen LogP contribution in [0.1, 0.15) is 26.3 Å². The topological polar surface area (TPSA) is 107 Å². The second-order valence-corrected chi connectivity index (χ2v) is 5.22. The largest absolute Gasteiger partial charge is 0.482 e. The molecule has 0 fully saturated rings. The molecule has 0 aliphatic heterocycles. The van der Waals surface area contributed by atoms with Crippen molar-refractivity contribution in [2.24, 2.45) is 0 Å². The van der Waals surface area contributed by atoms with E-state index in [-0.39, 0.29) is 49.2 Å². The third kappa shape index (κ3) is 8.43. The summed E-state index contributed by atoms with van der Waals surface area (Å²) in [7, 11) is 0. The number of hydrogen-bond donors (Lipinski definition) is 0. The minimum atomic E-state index is -0.595. The molecule has 0 aliphatic rings. The van der Waals surface area contributed by atoms with Crippen LogP contribution in [0.3, 0.4) is 0 Å². The Morgan fingerprint density at radius 1 is 0.759 bits per heavy atom. The first-order chi connectivity index (χ1) is 13.9. The van der Waals surface area contributed by atoms with Gasteiger partial charge < -0.3 is 28.4 Å². The van der Waals surface area contributed by atoms with Crippen LogP contribution in [0, 0.1) is 12.3 Å². The van der Waals surface area contributed by atoms with Gasteiger partial charge in [0.05, 0.1) is 19.8 Å². The Kier molecular flexibility index (Phi) is 10.5. The van der Waals surface area contributed by atoms with E-state index in [0.29, 0.717) is 0 Å². The van der Waals surface area contributed by atoms with Crippen molar-refractivity contribution in [1.29, 1.82) is 0 Å². The Hall–Kier alpha value is -3.41. The summed E-state index contributed by atoms with van der Waals surface area (Å²) in [6.45, 7) is 4.43. The highest BCUT2D eigenvalue weighted by Gasteiger charge is 2.17. The van der Waals surface area contributed by atoms with Gasteiger partial charge in [-0.3, -0.25) is 0 Å². The van der Waals surface area contributed by atoms with Crippen LogP contribution in [-0.4, -0.2) is 57.5 Å². The second kappa shape index (κ2) is 12.9. The van der Waals surface area contributed by atoms with Crippen molar-refractivity contribution in [2.75, 3.05) is 39.6 Å². The van der Waals surface area contributed by atoms with Gasteiger partial charge in [-0.2, -0.15) is 0 Å². The van der Waals surface area contributed by atoms with Crippen molar-refractivity contribution in [3.8, 4) is 29.6 Å². The molecule has 0 spiro atoms. The van der Waals surface area contributed by atoms with E-state index in [2.05, 4.69) is 5.92 Å². The highest BCUT2D eigenvalue weighted by Crippen LogP contribution is 2.34. The minimum Gasteiger partial charge on any atom is -0.482 e. The molecule has 1 rings (SSSR count). The Morgan fingerprint density at radius 2 is 1.14 bits per heavy atom. The molecule has 0 N–H and O–H groups in total. The summed E-state index contributed by atoms with van der Waals surface area (Å²) in [5.41, 5.74) is 0.155. The Bertz CT molecular complexity index is 706. The summed E-state index contributed by atoms with van der Waals surface area (Å²) in [6.07, 6.45) is 5.54. The van der Waals surface area contributed by atoms with Crippen LogP contribution in [0.5, 0.6) is 17.2 Å². The fourth-order valence-corrected chi connectivity index (χ4v) is 2.04. The Labute approximate surface area is 169 Å². The highest BCUT2D eigenvalue weighted by atomic mass is 16.6. The molecule has 0 atom stereocenters. The molecular formula is C20H24O9. The van der Waals surface area contributed by atoms with E-state index < -0.39 is 31.1 Å². The van der Waals surface area contributed by atoms with Gasteiger partial charge in [0.1, 0.15) is 22.8 Å². The molecule has 158 valence electrons. The SMILES string of the molecule is C#Cc1c(OCC(=O)OCC)cc(OCC(=O)OCC)cc1OCC(=O)OCC. The summed E-state index contributed by atoms with van der Waals surface area (Å²) >= 11 is 0. The summed E-state index contributed by atoms with van der Waals surface area (Å²) in [5, 5.41) is 0. The van der Waals surface area contributed by atoms with Gasteiger partial charge >= 0.3 is 17.9 Å². The molecule has 0 unspecified atom stereocenters. The molecule has 0 aliphatic carbocycles. The molecule has 9 heteroatoms. The average Bonchev–Trinajstić information content (AvgIpc) is 2.69. The first-order valence-electron chi connectivity index (χ1n) is 8.94. The van der Waals surface area contributed by atoms with Gasteiger partial charge in [-0.1, -0.05) is 5.92 Å². The average molecular weight is 408 g/mol. The first kappa shape index (κ1) is 23.6. The lowest BCUT2D eigenvalue weighted by molar-refractivity contribution is -0.146. The maximum atomic E-state index is 11.6. The van der Waals surface area contributed by atoms with Crippen LogP contribution in [-0.2, 0) is 28.6 Å². The van der Waals surface area contributed by atoms with Crippen molar-refractivity contribution in [3.05, 3.63) is 17.7 Å². The third-order valence-corrected chi connectivity index (χ3v) is 3.15. The molecule has 0 amide bonds. The molecule has 0 heterocycles. The third-order valence-electron chi connectivity index (χ3n) is 3.15. The molecule has 0 aromatic heterocycles. The summed E-state index contributed by atoms with van der Waals surface area (Å²) in [5.74, 6) is 0.954. The van der Waals surface area contributed by atoms with E-state index in [0.717, 1.165) is 0 Å². The lowest BCUT2D eigenvalue weighted by Crippen LogP contribution is -2.17. The van der Waals surface area contributed by atoms with Crippen LogP contribution >= 0.6 is 0 Å². The van der Waals surface area contributed by atoms with Crippen LogP contribution in [0.15, 0.2) is 12.1 Å². The fraction of sp³-hybridized carbons (Fsp3) is 0.450. The molecule has 0 bridgehead atoms. The van der Waals surface area contributed by atoms with E-state index in [1.807, 2.05) is 0 Å². The number of terminal acetylenes is 1. The van der Waals surface area contributed by atoms with Crippen LogP contribution in [0.25, 0.3) is 0 Å². The standard InChI is InChI=1S/C20H24O9/c1-5-15-16(28-12-19(22)25-7-3)9-14(27-11-18(21)24-6-2)10-17(15)29-13-20(23)26-8-4/h1,9-10H,6-8,11-13H2,2-4H3. The van der Waals surface area contributed by atoms with E-state index in [1.165, 1.54) is 12.1 Å². The summed E-state index contributed by atoms with van der Waals surface area (Å²) in [4.78, 5) is 34.7. The maximum absolute atomic E-state index is 11.6. The molecule has 0 saturated carbocycles. The van der Waals surface area contributed by atoms with Gasteiger partial charge in [-0.25, -0.2) is 14.4 Å². The number of hydrogen-bond acceptors (Lipinski definition) is 9. The van der Waals surface area contributed by atoms with E-state index in [1.54, 1.807) is 20.8 Å². The number of carbonyl (C=O) groups excluding carboxylic acids is 3. The molecule has 0 saturated heterocycles. The molecule has 1 aromatic rings. The summed E-state index contributed by atoms with van der Waals surface area (Å²) in [6, 6.07) is 2.79. The number of carbonyl (C=O) groups is 3. The Balaban J connectivity index is 3.07. The maximum Gasteiger partial charge on any atom is 0.344 e. The predicted molar refractivity (Wildman–Crippen MR) is 101 cm³/mol. The number of rotatable bonds is 12. The number of benzene rings is 1. The van der Waals surface area contributed by atoms with E-state index in [9.17, 15) is 14.4 Å². The lowest BCUT2D eigenvalue weighted by Gasteiger charge is -2.15. The molecule has 1 aromatic carbocycles. The number of esters is 3. The highest BCUT2D eigenvalue weighted by molar-refractivity contribution is 5.73. The molecular weight excluding hydrogens is 384 g/mol. The van der Waals surface area contributed by atoms with Crippen molar-refractivity contribution >= 4 is 17.9 Å². The molecule has 9 nitrogen and oxygen atoms in total. The van der Waals surface area contributed by atoms with Gasteiger partial charge in [-0.05, 0) is 20.8 Å². The smallest absolute Gasteiger partial charge is 0.344 e. The van der Waals surface area contributed by atoms with Crippen LogP contribution in [0.2, 0.25) is 0 Å². The van der Waals surface area contributed by atoms with Crippen LogP contribution in [0.4, 0.5) is 0 Å². The Morgan fingerprint density at radius 3 is 1.48 bits per heavy atom. The van der Waals surface area contributed by atoms with Crippen LogP contribution < -0.4 is 14.2 Å². The lowest BCUT2D eigenvalue weighted by atomic mass is 10.1. The van der Waals surface area contributed by atoms with Crippen molar-refractivity contribution in [1.82, 2.24) is 0 Å². The van der Waals surface area contributed by atoms with Gasteiger partial charge in [0.15, 0.2) is 19.8 Å². The normalized spacial score (nSPS) is 9.72. The molecule has 29 heavy (non-hydrogen) atoms. The van der Waals surface area contributed by atoms with Crippen molar-refractivity contribution in [2.45, 2.75) is 20.8 Å². The van der Waals surface area contributed by atoms with Gasteiger partial charge in [0.25, 0.3) is 0 Å². The van der Waals surface area contributed by atoms with Gasteiger partial charge in [-0.15, -0.1) is 6.42 Å².